The van der Waals surface area contributed by atoms with E-state index in [2.05, 4.69) is 10.1 Å². The van der Waals surface area contributed by atoms with Crippen molar-refractivity contribution in [3.8, 4) is 0 Å². The first kappa shape index (κ1) is 16.2. The third-order valence-corrected chi connectivity index (χ3v) is 3.90. The summed E-state index contributed by atoms with van der Waals surface area (Å²) < 4.78 is 45.3. The van der Waals surface area contributed by atoms with Crippen molar-refractivity contribution in [1.82, 2.24) is 14.8 Å². The van der Waals surface area contributed by atoms with Crippen LogP contribution in [0.15, 0.2) is 18.5 Å². The Morgan fingerprint density at radius 2 is 2.22 bits per heavy atom. The molecule has 3 rings (SSSR count). The van der Waals surface area contributed by atoms with Crippen LogP contribution in [0.3, 0.4) is 0 Å². The van der Waals surface area contributed by atoms with Crippen LogP contribution >= 0.6 is 0 Å². The molecule has 2 atom stereocenters. The zero-order valence-electron chi connectivity index (χ0n) is 12.1. The number of halogens is 3. The number of nitrogens with zero attached hydrogens (tertiary/aromatic N) is 3. The Hall–Kier alpha value is -1.71. The molecule has 0 spiro atoms. The molecule has 6 nitrogen and oxygen atoms in total. The lowest BCUT2D eigenvalue weighted by Crippen LogP contribution is -2.35. The van der Waals surface area contributed by atoms with Gasteiger partial charge in [0, 0.05) is 31.8 Å². The highest BCUT2D eigenvalue weighted by molar-refractivity contribution is 5.81. The van der Waals surface area contributed by atoms with Crippen LogP contribution < -0.4 is 0 Å². The maximum absolute atomic E-state index is 13.0. The number of aromatic nitrogens is 3. The van der Waals surface area contributed by atoms with E-state index in [9.17, 15) is 23.4 Å². The molecule has 0 radical (unpaired) electrons. The second kappa shape index (κ2) is 5.73. The number of aliphatic hydroxyl groups is 2. The molecule has 1 aliphatic heterocycles. The molecule has 2 aromatic heterocycles. The largest absolute Gasteiger partial charge is 0.435 e. The van der Waals surface area contributed by atoms with Gasteiger partial charge in [-0.1, -0.05) is 0 Å². The Morgan fingerprint density at radius 3 is 2.87 bits per heavy atom. The highest BCUT2D eigenvalue weighted by Gasteiger charge is 2.38. The predicted octanol–water partition coefficient (Wildman–Crippen LogP) is 1.35. The van der Waals surface area contributed by atoms with Crippen molar-refractivity contribution in [1.29, 1.82) is 0 Å². The van der Waals surface area contributed by atoms with E-state index in [0.29, 0.717) is 13.0 Å². The van der Waals surface area contributed by atoms with Gasteiger partial charge >= 0.3 is 6.18 Å². The highest BCUT2D eigenvalue weighted by Crippen LogP contribution is 2.34. The molecular weight excluding hydrogens is 315 g/mol. The molecule has 1 saturated heterocycles. The van der Waals surface area contributed by atoms with Crippen LogP contribution in [0.1, 0.15) is 18.5 Å². The zero-order chi connectivity index (χ0) is 16.7. The molecule has 0 bridgehead atoms. The fraction of sp³-hybridized carbons (Fsp3) is 0.571. The maximum Gasteiger partial charge on any atom is 0.435 e. The minimum absolute atomic E-state index is 0.0147. The third-order valence-electron chi connectivity index (χ3n) is 3.90. The molecule has 0 saturated carbocycles. The van der Waals surface area contributed by atoms with Gasteiger partial charge in [-0.2, -0.15) is 18.3 Å². The van der Waals surface area contributed by atoms with E-state index < -0.39 is 23.6 Å². The van der Waals surface area contributed by atoms with Crippen molar-refractivity contribution in [2.45, 2.75) is 37.3 Å². The van der Waals surface area contributed by atoms with E-state index in [1.807, 2.05) is 0 Å². The number of hydrogen-bond acceptors (Lipinski definition) is 5. The standard InChI is InChI=1S/C14H16F3N3O3/c15-14(16,17)12-10-6-18-3-1-11(10)20(19-12)7-9(21)5-13(22)2-4-23-8-13/h1,3,6,9,21-22H,2,4-5,7-8H2. The van der Waals surface area contributed by atoms with Gasteiger partial charge in [0.05, 0.1) is 35.8 Å². The lowest BCUT2D eigenvalue weighted by atomic mass is 9.95. The van der Waals surface area contributed by atoms with E-state index in [0.717, 1.165) is 10.9 Å². The molecule has 9 heteroatoms. The van der Waals surface area contributed by atoms with Gasteiger partial charge in [-0.05, 0) is 6.07 Å². The first-order valence-electron chi connectivity index (χ1n) is 7.14. The van der Waals surface area contributed by atoms with Crippen LogP contribution in [0.2, 0.25) is 0 Å². The number of pyridine rings is 1. The van der Waals surface area contributed by atoms with Crippen molar-refractivity contribution < 1.29 is 28.1 Å². The number of hydrogen-bond donors (Lipinski definition) is 2. The van der Waals surface area contributed by atoms with E-state index in [4.69, 9.17) is 4.74 Å². The van der Waals surface area contributed by atoms with Gasteiger partial charge in [-0.15, -0.1) is 0 Å². The summed E-state index contributed by atoms with van der Waals surface area (Å²) in [5.41, 5.74) is -1.94. The summed E-state index contributed by atoms with van der Waals surface area (Å²) in [6, 6.07) is 1.41. The van der Waals surface area contributed by atoms with Crippen molar-refractivity contribution in [3.63, 3.8) is 0 Å². The highest BCUT2D eigenvalue weighted by atomic mass is 19.4. The minimum atomic E-state index is -4.60. The number of ether oxygens (including phenoxy) is 1. The molecule has 1 fully saturated rings. The van der Waals surface area contributed by atoms with Gasteiger partial charge in [0.1, 0.15) is 0 Å². The van der Waals surface area contributed by atoms with Crippen LogP contribution in [-0.2, 0) is 17.5 Å². The second-order valence-electron chi connectivity index (χ2n) is 5.81. The number of rotatable bonds is 4. The van der Waals surface area contributed by atoms with Gasteiger partial charge in [-0.3, -0.25) is 9.67 Å². The lowest BCUT2D eigenvalue weighted by Gasteiger charge is -2.23. The molecule has 3 heterocycles. The summed E-state index contributed by atoms with van der Waals surface area (Å²) in [5.74, 6) is 0. The average molecular weight is 331 g/mol. The maximum atomic E-state index is 13.0. The molecule has 0 aromatic carbocycles. The van der Waals surface area contributed by atoms with E-state index in [-0.39, 0.29) is 30.5 Å². The van der Waals surface area contributed by atoms with Crippen molar-refractivity contribution >= 4 is 10.9 Å². The number of fused-ring (bicyclic) bond motifs is 1. The van der Waals surface area contributed by atoms with Crippen molar-refractivity contribution in [2.24, 2.45) is 0 Å². The monoisotopic (exact) mass is 331 g/mol. The topological polar surface area (TPSA) is 80.4 Å². The first-order chi connectivity index (χ1) is 10.8. The molecule has 126 valence electrons. The van der Waals surface area contributed by atoms with Gasteiger partial charge in [0.2, 0.25) is 0 Å². The Bertz CT molecular complexity index is 695. The van der Waals surface area contributed by atoms with Gasteiger partial charge in [0.15, 0.2) is 5.69 Å². The summed E-state index contributed by atoms with van der Waals surface area (Å²) >= 11 is 0. The lowest BCUT2D eigenvalue weighted by molar-refractivity contribution is -0.140. The van der Waals surface area contributed by atoms with Gasteiger partial charge < -0.3 is 14.9 Å². The molecule has 0 aliphatic carbocycles. The molecule has 2 N–H and O–H groups in total. The molecule has 2 aromatic rings. The van der Waals surface area contributed by atoms with Crippen LogP contribution in [0.5, 0.6) is 0 Å². The Kier molecular flexibility index (Phi) is 4.03. The minimum Gasteiger partial charge on any atom is -0.391 e. The van der Waals surface area contributed by atoms with Crippen LogP contribution in [-0.4, -0.2) is 49.9 Å². The van der Waals surface area contributed by atoms with E-state index in [1.165, 1.54) is 12.3 Å². The third kappa shape index (κ3) is 3.31. The Labute approximate surface area is 129 Å². The average Bonchev–Trinajstić information content (AvgIpc) is 3.03. The summed E-state index contributed by atoms with van der Waals surface area (Å²) in [5, 5.41) is 23.8. The fourth-order valence-electron chi connectivity index (χ4n) is 2.83. The van der Waals surface area contributed by atoms with Gasteiger partial charge in [0.25, 0.3) is 0 Å². The molecule has 23 heavy (non-hydrogen) atoms. The van der Waals surface area contributed by atoms with Crippen molar-refractivity contribution in [3.05, 3.63) is 24.2 Å². The summed E-state index contributed by atoms with van der Waals surface area (Å²) in [6.45, 7) is 0.359. The van der Waals surface area contributed by atoms with Crippen LogP contribution in [0.25, 0.3) is 10.9 Å². The smallest absolute Gasteiger partial charge is 0.391 e. The van der Waals surface area contributed by atoms with Crippen LogP contribution in [0.4, 0.5) is 13.2 Å². The number of alkyl halides is 3. The fourth-order valence-corrected chi connectivity index (χ4v) is 2.83. The van der Waals surface area contributed by atoms with E-state index in [1.54, 1.807) is 0 Å². The quantitative estimate of drug-likeness (QED) is 0.884. The summed E-state index contributed by atoms with van der Waals surface area (Å²) in [6.07, 6.45) is -2.77. The summed E-state index contributed by atoms with van der Waals surface area (Å²) in [4.78, 5) is 3.70. The second-order valence-corrected chi connectivity index (χ2v) is 5.81. The van der Waals surface area contributed by atoms with E-state index >= 15 is 0 Å². The van der Waals surface area contributed by atoms with Crippen LogP contribution in [0, 0.1) is 0 Å². The van der Waals surface area contributed by atoms with Gasteiger partial charge in [-0.25, -0.2) is 0 Å². The molecular formula is C14H16F3N3O3. The summed E-state index contributed by atoms with van der Waals surface area (Å²) in [7, 11) is 0. The normalized spacial score (nSPS) is 23.5. The first-order valence-corrected chi connectivity index (χ1v) is 7.14. The Morgan fingerprint density at radius 1 is 1.43 bits per heavy atom. The SMILES string of the molecule is OC(Cn1nc(C(F)(F)F)c2cnccc21)CC1(O)CCOC1. The number of aliphatic hydroxyl groups excluding tert-OH is 1. The zero-order valence-corrected chi connectivity index (χ0v) is 12.1. The Balaban J connectivity index is 1.85. The van der Waals surface area contributed by atoms with Crippen molar-refractivity contribution in [2.75, 3.05) is 13.2 Å². The predicted molar refractivity (Wildman–Crippen MR) is 73.5 cm³/mol. The molecule has 1 aliphatic rings. The molecule has 2 unspecified atom stereocenters. The molecule has 0 amide bonds.